The van der Waals surface area contributed by atoms with Crippen molar-refractivity contribution in [3.8, 4) is 6.07 Å². The van der Waals surface area contributed by atoms with Gasteiger partial charge < -0.3 is 20.9 Å². The zero-order valence-electron chi connectivity index (χ0n) is 22.7. The molecule has 0 aromatic carbocycles. The van der Waals surface area contributed by atoms with E-state index in [1.54, 1.807) is 20.8 Å². The molecule has 0 radical (unpaired) electrons. The predicted octanol–water partition coefficient (Wildman–Crippen LogP) is 2.55. The Morgan fingerprint density at radius 2 is 1.77 bits per heavy atom. The topological polar surface area (TPSA) is 131 Å². The highest BCUT2D eigenvalue weighted by Crippen LogP contribution is 2.46. The second kappa shape index (κ2) is 10.6. The molecule has 0 aromatic heterocycles. The fraction of sp³-hybridized carbons (Fsp3) is 0.815. The molecule has 4 amide bonds. The van der Waals surface area contributed by atoms with Crippen LogP contribution in [0.3, 0.4) is 0 Å². The van der Waals surface area contributed by atoms with Crippen LogP contribution in [0.15, 0.2) is 0 Å². The number of nitriles is 1. The van der Waals surface area contributed by atoms with Crippen molar-refractivity contribution in [1.82, 2.24) is 20.9 Å². The zero-order valence-corrected chi connectivity index (χ0v) is 22.7. The Bertz CT molecular complexity index is 1040. The molecule has 2 saturated carbocycles. The molecule has 4 rings (SSSR count). The third kappa shape index (κ3) is 6.49. The maximum Gasteiger partial charge on any atom is 0.471 e. The number of alkyl halides is 3. The summed E-state index contributed by atoms with van der Waals surface area (Å²) in [6.45, 7) is 4.85. The van der Waals surface area contributed by atoms with Gasteiger partial charge in [0.1, 0.15) is 18.1 Å². The molecule has 0 aromatic rings. The maximum absolute atomic E-state index is 13.7. The molecule has 12 heteroatoms. The third-order valence-electron chi connectivity index (χ3n) is 8.87. The molecule has 1 spiro atoms. The van der Waals surface area contributed by atoms with Crippen LogP contribution in [0.5, 0.6) is 0 Å². The molecule has 0 bridgehead atoms. The van der Waals surface area contributed by atoms with E-state index >= 15 is 0 Å². The van der Waals surface area contributed by atoms with E-state index in [1.165, 1.54) is 4.90 Å². The SMILES string of the molecule is CC(C)(C)C(NC(=O)C(F)(F)F)C(=O)N1CC(C2CCCC2)C[C@H]1C(=O)NC(C#N)CC1CC2(CC2)NC1=O. The van der Waals surface area contributed by atoms with Gasteiger partial charge in [-0.05, 0) is 49.4 Å². The Morgan fingerprint density at radius 1 is 1.13 bits per heavy atom. The van der Waals surface area contributed by atoms with Crippen molar-refractivity contribution < 1.29 is 32.3 Å². The lowest BCUT2D eigenvalue weighted by atomic mass is 9.85. The number of amides is 4. The molecule has 39 heavy (non-hydrogen) atoms. The molecule has 4 fully saturated rings. The van der Waals surface area contributed by atoms with Gasteiger partial charge in [0.15, 0.2) is 0 Å². The average molecular weight is 554 g/mol. The van der Waals surface area contributed by atoms with Gasteiger partial charge in [-0.15, -0.1) is 0 Å². The molecule has 2 heterocycles. The van der Waals surface area contributed by atoms with Crippen LogP contribution < -0.4 is 16.0 Å². The van der Waals surface area contributed by atoms with Crippen molar-refractivity contribution in [2.24, 2.45) is 23.2 Å². The number of carbonyl (C=O) groups is 4. The van der Waals surface area contributed by atoms with Crippen LogP contribution in [0.25, 0.3) is 0 Å². The lowest BCUT2D eigenvalue weighted by molar-refractivity contribution is -0.176. The van der Waals surface area contributed by atoms with Gasteiger partial charge in [0.2, 0.25) is 17.7 Å². The van der Waals surface area contributed by atoms with Gasteiger partial charge in [-0.3, -0.25) is 19.2 Å². The Hall–Kier alpha value is -2.84. The van der Waals surface area contributed by atoms with Crippen molar-refractivity contribution in [2.45, 2.75) is 108 Å². The summed E-state index contributed by atoms with van der Waals surface area (Å²) >= 11 is 0. The molecule has 2 aliphatic carbocycles. The van der Waals surface area contributed by atoms with Crippen LogP contribution in [0.2, 0.25) is 0 Å². The van der Waals surface area contributed by atoms with E-state index in [0.717, 1.165) is 38.5 Å². The molecule has 4 aliphatic rings. The number of nitrogens with zero attached hydrogens (tertiary/aromatic N) is 2. The highest BCUT2D eigenvalue weighted by atomic mass is 19.4. The monoisotopic (exact) mass is 553 g/mol. The average Bonchev–Trinajstić information content (AvgIpc) is 3.22. The van der Waals surface area contributed by atoms with E-state index in [-0.39, 0.29) is 30.3 Å². The molecular weight excluding hydrogens is 515 g/mol. The van der Waals surface area contributed by atoms with E-state index in [9.17, 15) is 37.6 Å². The smallest absolute Gasteiger partial charge is 0.350 e. The summed E-state index contributed by atoms with van der Waals surface area (Å²) in [6.07, 6.45) is 1.72. The Balaban J connectivity index is 1.51. The van der Waals surface area contributed by atoms with Crippen molar-refractivity contribution in [1.29, 1.82) is 5.26 Å². The number of carbonyl (C=O) groups excluding carboxylic acids is 4. The van der Waals surface area contributed by atoms with Gasteiger partial charge in [-0.1, -0.05) is 46.5 Å². The summed E-state index contributed by atoms with van der Waals surface area (Å²) in [5, 5.41) is 17.3. The summed E-state index contributed by atoms with van der Waals surface area (Å²) < 4.78 is 39.2. The van der Waals surface area contributed by atoms with Crippen molar-refractivity contribution in [2.75, 3.05) is 6.54 Å². The fourth-order valence-electron chi connectivity index (χ4n) is 6.50. The number of rotatable bonds is 7. The molecule has 3 N–H and O–H groups in total. The molecular formula is C27H38F3N5O4. The fourth-order valence-corrected chi connectivity index (χ4v) is 6.50. The minimum absolute atomic E-state index is 0.0120. The number of likely N-dealkylation sites (tertiary alicyclic amines) is 1. The highest BCUT2D eigenvalue weighted by Gasteiger charge is 2.53. The van der Waals surface area contributed by atoms with Crippen LogP contribution >= 0.6 is 0 Å². The van der Waals surface area contributed by atoms with E-state index in [4.69, 9.17) is 0 Å². The van der Waals surface area contributed by atoms with Gasteiger partial charge in [0, 0.05) is 18.0 Å². The lowest BCUT2D eigenvalue weighted by Crippen LogP contribution is -2.59. The highest BCUT2D eigenvalue weighted by molar-refractivity contribution is 5.94. The van der Waals surface area contributed by atoms with E-state index < -0.39 is 53.4 Å². The summed E-state index contributed by atoms with van der Waals surface area (Å²) in [6, 6.07) is -1.39. The molecule has 5 atom stereocenters. The first-order chi connectivity index (χ1) is 18.1. The van der Waals surface area contributed by atoms with Gasteiger partial charge in [0.05, 0.1) is 6.07 Å². The van der Waals surface area contributed by atoms with Crippen molar-refractivity contribution in [3.63, 3.8) is 0 Å². The van der Waals surface area contributed by atoms with E-state index in [2.05, 4.69) is 16.7 Å². The van der Waals surface area contributed by atoms with E-state index in [1.807, 2.05) is 5.32 Å². The van der Waals surface area contributed by atoms with Crippen LogP contribution in [0, 0.1) is 34.5 Å². The number of halogens is 3. The summed E-state index contributed by atoms with van der Waals surface area (Å²) in [5.41, 5.74) is -1.23. The quantitative estimate of drug-likeness (QED) is 0.446. The minimum Gasteiger partial charge on any atom is -0.350 e. The number of hydrogen-bond acceptors (Lipinski definition) is 5. The minimum atomic E-state index is -5.16. The van der Waals surface area contributed by atoms with Gasteiger partial charge >= 0.3 is 12.1 Å². The van der Waals surface area contributed by atoms with E-state index in [0.29, 0.717) is 18.8 Å². The second-order valence-electron chi connectivity index (χ2n) is 12.9. The maximum atomic E-state index is 13.7. The third-order valence-corrected chi connectivity index (χ3v) is 8.87. The second-order valence-corrected chi connectivity index (χ2v) is 12.9. The van der Waals surface area contributed by atoms with Crippen LogP contribution in [0.1, 0.15) is 78.6 Å². The standard InChI is InChI=1S/C27H38F3N5O4/c1-25(2,3)20(33-24(39)27(28,29)30)23(38)35-14-17(15-6-4-5-7-15)11-19(35)22(37)32-18(13-31)10-16-12-26(8-9-26)34-21(16)36/h15-20H,4-12,14H2,1-3H3,(H,32,37)(H,33,39)(H,34,36)/t16?,17?,18?,19-,20?/m0/s1. The predicted molar refractivity (Wildman–Crippen MR) is 133 cm³/mol. The van der Waals surface area contributed by atoms with Gasteiger partial charge in [-0.25, -0.2) is 0 Å². The summed E-state index contributed by atoms with van der Waals surface area (Å²) in [4.78, 5) is 52.7. The number of nitrogens with one attached hydrogen (secondary N) is 3. The number of hydrogen-bond donors (Lipinski definition) is 3. The molecule has 9 nitrogen and oxygen atoms in total. The molecule has 2 saturated heterocycles. The summed E-state index contributed by atoms with van der Waals surface area (Å²) in [5.74, 6) is -3.77. The largest absolute Gasteiger partial charge is 0.471 e. The van der Waals surface area contributed by atoms with Crippen molar-refractivity contribution in [3.05, 3.63) is 0 Å². The van der Waals surface area contributed by atoms with Crippen LogP contribution in [0.4, 0.5) is 13.2 Å². The zero-order chi connectivity index (χ0) is 28.8. The first kappa shape index (κ1) is 29.2. The van der Waals surface area contributed by atoms with Crippen LogP contribution in [-0.4, -0.2) is 64.9 Å². The Labute approximate surface area is 226 Å². The molecule has 216 valence electrons. The molecule has 4 unspecified atom stereocenters. The summed E-state index contributed by atoms with van der Waals surface area (Å²) in [7, 11) is 0. The van der Waals surface area contributed by atoms with Gasteiger partial charge in [0.25, 0.3) is 0 Å². The Kier molecular flexibility index (Phi) is 7.94. The Morgan fingerprint density at radius 3 is 2.28 bits per heavy atom. The van der Waals surface area contributed by atoms with Gasteiger partial charge in [-0.2, -0.15) is 18.4 Å². The van der Waals surface area contributed by atoms with Crippen molar-refractivity contribution >= 4 is 23.6 Å². The first-order valence-corrected chi connectivity index (χ1v) is 13.8. The lowest BCUT2D eigenvalue weighted by Gasteiger charge is -2.35. The molecule has 2 aliphatic heterocycles. The van der Waals surface area contributed by atoms with Crippen LogP contribution in [-0.2, 0) is 19.2 Å². The first-order valence-electron chi connectivity index (χ1n) is 13.8. The normalized spacial score (nSPS) is 28.1.